The van der Waals surface area contributed by atoms with Gasteiger partial charge in [0.1, 0.15) is 0 Å². The van der Waals surface area contributed by atoms with E-state index >= 15 is 0 Å². The summed E-state index contributed by atoms with van der Waals surface area (Å²) in [5, 5.41) is 0. The number of hydrogen-bond donors (Lipinski definition) is 0. The summed E-state index contributed by atoms with van der Waals surface area (Å²) in [5.74, 6) is 0.481. The SMILES string of the molecule is COC1(C(C)C)CN(Cc2ccc(S(=O)(=O)N3CCOCC3)cc2)C1. The molecule has 0 radical (unpaired) electrons. The van der Waals surface area contributed by atoms with Crippen LogP contribution in [0.15, 0.2) is 29.2 Å². The van der Waals surface area contributed by atoms with Gasteiger partial charge in [0.15, 0.2) is 0 Å². The molecule has 0 unspecified atom stereocenters. The predicted octanol–water partition coefficient (Wildman–Crippen LogP) is 1.56. The van der Waals surface area contributed by atoms with Crippen LogP contribution in [0.2, 0.25) is 0 Å². The normalized spacial score (nSPS) is 22.1. The Hall–Kier alpha value is -0.990. The molecule has 0 amide bonds. The van der Waals surface area contributed by atoms with Gasteiger partial charge in [0.2, 0.25) is 10.0 Å². The third-order valence-electron chi connectivity index (χ3n) is 5.38. The molecule has 25 heavy (non-hydrogen) atoms. The Kier molecular flexibility index (Phi) is 5.51. The van der Waals surface area contributed by atoms with Crippen molar-refractivity contribution in [3.8, 4) is 0 Å². The molecular formula is C18H28N2O4S. The fourth-order valence-electron chi connectivity index (χ4n) is 3.51. The highest BCUT2D eigenvalue weighted by atomic mass is 32.2. The third-order valence-corrected chi connectivity index (χ3v) is 7.29. The maximum atomic E-state index is 12.6. The summed E-state index contributed by atoms with van der Waals surface area (Å²) in [4.78, 5) is 2.69. The summed E-state index contributed by atoms with van der Waals surface area (Å²) in [6.45, 7) is 8.78. The van der Waals surface area contributed by atoms with Gasteiger partial charge in [-0.2, -0.15) is 4.31 Å². The Morgan fingerprint density at radius 2 is 1.76 bits per heavy atom. The van der Waals surface area contributed by atoms with E-state index in [-0.39, 0.29) is 5.60 Å². The van der Waals surface area contributed by atoms with E-state index in [1.54, 1.807) is 19.2 Å². The maximum absolute atomic E-state index is 12.6. The number of hydrogen-bond acceptors (Lipinski definition) is 5. The lowest BCUT2D eigenvalue weighted by Crippen LogP contribution is -2.64. The van der Waals surface area contributed by atoms with Crippen LogP contribution in [0.25, 0.3) is 0 Å². The molecule has 0 spiro atoms. The highest BCUT2D eigenvalue weighted by molar-refractivity contribution is 7.89. The molecule has 2 heterocycles. The average molecular weight is 368 g/mol. The molecule has 3 rings (SSSR count). The number of nitrogens with zero attached hydrogens (tertiary/aromatic N) is 2. The molecule has 1 aromatic rings. The summed E-state index contributed by atoms with van der Waals surface area (Å²) in [6, 6.07) is 7.25. The van der Waals surface area contributed by atoms with Gasteiger partial charge in [-0.3, -0.25) is 4.90 Å². The van der Waals surface area contributed by atoms with E-state index in [1.165, 1.54) is 4.31 Å². The van der Waals surface area contributed by atoms with Crippen LogP contribution in [0.3, 0.4) is 0 Å². The van der Waals surface area contributed by atoms with E-state index in [1.807, 2.05) is 12.1 Å². The van der Waals surface area contributed by atoms with Gasteiger partial charge in [-0.15, -0.1) is 0 Å². The summed E-state index contributed by atoms with van der Waals surface area (Å²) >= 11 is 0. The smallest absolute Gasteiger partial charge is 0.243 e. The van der Waals surface area contributed by atoms with Crippen LogP contribution in [0.5, 0.6) is 0 Å². The van der Waals surface area contributed by atoms with Gasteiger partial charge in [0, 0.05) is 39.8 Å². The first-order chi connectivity index (χ1) is 11.9. The van der Waals surface area contributed by atoms with Crippen LogP contribution in [0.4, 0.5) is 0 Å². The van der Waals surface area contributed by atoms with E-state index in [9.17, 15) is 8.42 Å². The molecule has 0 aromatic heterocycles. The first-order valence-corrected chi connectivity index (χ1v) is 10.3. The van der Waals surface area contributed by atoms with Gasteiger partial charge in [-0.25, -0.2) is 8.42 Å². The molecule has 0 bridgehead atoms. The van der Waals surface area contributed by atoms with Crippen molar-refractivity contribution in [2.45, 2.75) is 30.9 Å². The van der Waals surface area contributed by atoms with E-state index in [0.29, 0.717) is 37.1 Å². The van der Waals surface area contributed by atoms with Crippen molar-refractivity contribution < 1.29 is 17.9 Å². The van der Waals surface area contributed by atoms with E-state index in [4.69, 9.17) is 9.47 Å². The first-order valence-electron chi connectivity index (χ1n) is 8.82. The summed E-state index contributed by atoms with van der Waals surface area (Å²) in [6.07, 6.45) is 0. The highest BCUT2D eigenvalue weighted by Gasteiger charge is 2.45. The van der Waals surface area contributed by atoms with Crippen molar-refractivity contribution >= 4 is 10.0 Å². The second kappa shape index (κ2) is 7.32. The van der Waals surface area contributed by atoms with Crippen molar-refractivity contribution in [2.24, 2.45) is 5.92 Å². The van der Waals surface area contributed by atoms with Crippen molar-refractivity contribution in [3.05, 3.63) is 29.8 Å². The number of sulfonamides is 1. The Bertz CT molecular complexity index is 676. The van der Waals surface area contributed by atoms with E-state index in [2.05, 4.69) is 18.7 Å². The topological polar surface area (TPSA) is 59.1 Å². The lowest BCUT2D eigenvalue weighted by Gasteiger charge is -2.51. The zero-order valence-corrected chi connectivity index (χ0v) is 16.1. The fourth-order valence-corrected chi connectivity index (χ4v) is 4.92. The van der Waals surface area contributed by atoms with Gasteiger partial charge in [-0.05, 0) is 23.6 Å². The molecule has 0 N–H and O–H groups in total. The molecule has 2 aliphatic heterocycles. The first kappa shape index (κ1) is 18.8. The molecule has 0 atom stereocenters. The molecule has 2 aliphatic rings. The van der Waals surface area contributed by atoms with Gasteiger partial charge < -0.3 is 9.47 Å². The Labute approximate surface area is 150 Å². The Morgan fingerprint density at radius 1 is 1.16 bits per heavy atom. The number of benzene rings is 1. The molecule has 7 heteroatoms. The minimum atomic E-state index is -3.41. The molecule has 2 saturated heterocycles. The second-order valence-corrected chi connectivity index (χ2v) is 9.17. The average Bonchev–Trinajstić information content (AvgIpc) is 2.58. The lowest BCUT2D eigenvalue weighted by molar-refractivity contribution is -0.154. The summed E-state index contributed by atoms with van der Waals surface area (Å²) < 4.78 is 37.7. The minimum Gasteiger partial charge on any atom is -0.379 e. The van der Waals surface area contributed by atoms with Crippen LogP contribution >= 0.6 is 0 Å². The molecule has 0 aliphatic carbocycles. The van der Waals surface area contributed by atoms with Gasteiger partial charge >= 0.3 is 0 Å². The summed E-state index contributed by atoms with van der Waals surface area (Å²) in [7, 11) is -1.63. The van der Waals surface area contributed by atoms with Crippen molar-refractivity contribution in [1.82, 2.24) is 9.21 Å². The Morgan fingerprint density at radius 3 is 2.28 bits per heavy atom. The van der Waals surface area contributed by atoms with Crippen molar-refractivity contribution in [2.75, 3.05) is 46.5 Å². The maximum Gasteiger partial charge on any atom is 0.243 e. The highest BCUT2D eigenvalue weighted by Crippen LogP contribution is 2.33. The lowest BCUT2D eigenvalue weighted by atomic mass is 9.82. The van der Waals surface area contributed by atoms with Gasteiger partial charge in [-0.1, -0.05) is 26.0 Å². The van der Waals surface area contributed by atoms with Crippen LogP contribution < -0.4 is 0 Å². The van der Waals surface area contributed by atoms with Crippen molar-refractivity contribution in [3.63, 3.8) is 0 Å². The molecule has 140 valence electrons. The molecule has 2 fully saturated rings. The van der Waals surface area contributed by atoms with E-state index < -0.39 is 10.0 Å². The third kappa shape index (κ3) is 3.75. The number of likely N-dealkylation sites (tertiary alicyclic amines) is 1. The molecule has 1 aromatic carbocycles. The van der Waals surface area contributed by atoms with Crippen LogP contribution in [0, 0.1) is 5.92 Å². The number of morpholine rings is 1. The minimum absolute atomic E-state index is 0.0421. The van der Waals surface area contributed by atoms with Crippen LogP contribution in [-0.4, -0.2) is 69.7 Å². The largest absolute Gasteiger partial charge is 0.379 e. The predicted molar refractivity (Wildman–Crippen MR) is 95.9 cm³/mol. The molecular weight excluding hydrogens is 340 g/mol. The Balaban J connectivity index is 1.61. The van der Waals surface area contributed by atoms with Crippen LogP contribution in [-0.2, 0) is 26.0 Å². The fraction of sp³-hybridized carbons (Fsp3) is 0.667. The zero-order chi connectivity index (χ0) is 18.1. The zero-order valence-electron chi connectivity index (χ0n) is 15.3. The van der Waals surface area contributed by atoms with Crippen molar-refractivity contribution in [1.29, 1.82) is 0 Å². The van der Waals surface area contributed by atoms with Gasteiger partial charge in [0.25, 0.3) is 0 Å². The quantitative estimate of drug-likeness (QED) is 0.763. The number of ether oxygens (including phenoxy) is 2. The molecule has 0 saturated carbocycles. The van der Waals surface area contributed by atoms with Crippen LogP contribution in [0.1, 0.15) is 19.4 Å². The van der Waals surface area contributed by atoms with Gasteiger partial charge in [0.05, 0.1) is 23.7 Å². The number of methoxy groups -OCH3 is 1. The standard InChI is InChI=1S/C18H28N2O4S/c1-15(2)18(23-3)13-19(14-18)12-16-4-6-17(7-5-16)25(21,22)20-8-10-24-11-9-20/h4-7,15H,8-14H2,1-3H3. The second-order valence-electron chi connectivity index (χ2n) is 7.23. The summed E-state index contributed by atoms with van der Waals surface area (Å²) in [5.41, 5.74) is 1.08. The molecule has 6 nitrogen and oxygen atoms in total. The van der Waals surface area contributed by atoms with E-state index in [0.717, 1.165) is 25.2 Å². The number of rotatable bonds is 6. The monoisotopic (exact) mass is 368 g/mol.